The van der Waals surface area contributed by atoms with Gasteiger partial charge in [-0.15, -0.1) is 0 Å². The molecule has 0 aromatic heterocycles. The maximum absolute atomic E-state index is 4.47. The fourth-order valence-corrected chi connectivity index (χ4v) is 3.34. The van der Waals surface area contributed by atoms with Gasteiger partial charge in [0.15, 0.2) is 0 Å². The van der Waals surface area contributed by atoms with Crippen LogP contribution in [0.2, 0.25) is 0 Å². The molecule has 0 aliphatic carbocycles. The number of benzene rings is 1. The van der Waals surface area contributed by atoms with Crippen molar-refractivity contribution in [1.82, 2.24) is 3.11 Å². The maximum Gasteiger partial charge on any atom is 0.0335 e. The van der Waals surface area contributed by atoms with Crippen LogP contribution in [0.5, 0.6) is 0 Å². The smallest absolute Gasteiger partial charge is 0.0335 e. The van der Waals surface area contributed by atoms with Crippen LogP contribution in [0.25, 0.3) is 0 Å². The van der Waals surface area contributed by atoms with E-state index >= 15 is 0 Å². The summed E-state index contributed by atoms with van der Waals surface area (Å²) in [5, 5.41) is 0.511. The number of hydrogen-bond donors (Lipinski definition) is 1. The predicted molar refractivity (Wildman–Crippen MR) is 81.3 cm³/mol. The van der Waals surface area contributed by atoms with E-state index in [4.69, 9.17) is 0 Å². The van der Waals surface area contributed by atoms with E-state index in [2.05, 4.69) is 69.8 Å². The zero-order valence-electron chi connectivity index (χ0n) is 9.56. The van der Waals surface area contributed by atoms with Crippen molar-refractivity contribution >= 4 is 35.5 Å². The van der Waals surface area contributed by atoms with E-state index in [0.29, 0.717) is 11.2 Å². The van der Waals surface area contributed by atoms with Crippen LogP contribution < -0.4 is 0 Å². The Hall–Kier alpha value is 0.260. The molecule has 88 valence electrons. The molecule has 1 heterocycles. The van der Waals surface area contributed by atoms with Gasteiger partial charge in [0.2, 0.25) is 0 Å². The molecule has 0 fully saturated rings. The molecule has 1 aliphatic rings. The van der Waals surface area contributed by atoms with E-state index in [1.807, 2.05) is 0 Å². The van der Waals surface area contributed by atoms with Crippen molar-refractivity contribution in [2.45, 2.75) is 37.5 Å². The highest BCUT2D eigenvalue weighted by molar-refractivity contribution is 14.1. The standard InChI is InChI=1S/C13H18INS/c1-10(16)6-7-12-9-15(14)8-11-4-2-3-5-13(11)12/h2-5,10,12,16H,6-9H2,1H3/t10?,12-/m0/s1. The first-order valence-corrected chi connectivity index (χ1v) is 7.31. The van der Waals surface area contributed by atoms with Crippen molar-refractivity contribution in [3.05, 3.63) is 35.4 Å². The van der Waals surface area contributed by atoms with Crippen LogP contribution in [0.15, 0.2) is 24.3 Å². The highest BCUT2D eigenvalue weighted by Crippen LogP contribution is 2.33. The Bertz CT molecular complexity index is 354. The molecule has 0 saturated carbocycles. The first-order valence-electron chi connectivity index (χ1n) is 5.83. The summed E-state index contributed by atoms with van der Waals surface area (Å²) in [4.78, 5) is 0. The van der Waals surface area contributed by atoms with Gasteiger partial charge in [0.25, 0.3) is 0 Å². The quantitative estimate of drug-likeness (QED) is 0.491. The van der Waals surface area contributed by atoms with Crippen molar-refractivity contribution in [3.8, 4) is 0 Å². The highest BCUT2D eigenvalue weighted by atomic mass is 127. The summed E-state index contributed by atoms with van der Waals surface area (Å²) in [5.74, 6) is 0.691. The lowest BCUT2D eigenvalue weighted by atomic mass is 9.87. The van der Waals surface area contributed by atoms with Gasteiger partial charge in [0, 0.05) is 36.0 Å². The maximum atomic E-state index is 4.47. The Morgan fingerprint density at radius 1 is 1.50 bits per heavy atom. The van der Waals surface area contributed by atoms with E-state index < -0.39 is 0 Å². The Kier molecular flexibility index (Phi) is 4.56. The first kappa shape index (κ1) is 12.7. The molecule has 3 heteroatoms. The lowest BCUT2D eigenvalue weighted by Crippen LogP contribution is -2.26. The van der Waals surface area contributed by atoms with Crippen LogP contribution in [0.1, 0.15) is 36.8 Å². The van der Waals surface area contributed by atoms with Crippen LogP contribution in [0.3, 0.4) is 0 Å². The highest BCUT2D eigenvalue weighted by Gasteiger charge is 2.23. The van der Waals surface area contributed by atoms with Crippen LogP contribution in [0, 0.1) is 0 Å². The van der Waals surface area contributed by atoms with E-state index in [1.54, 1.807) is 5.56 Å². The largest absolute Gasteiger partial charge is 0.243 e. The minimum atomic E-state index is 0.511. The minimum Gasteiger partial charge on any atom is -0.243 e. The van der Waals surface area contributed by atoms with Crippen molar-refractivity contribution in [2.24, 2.45) is 0 Å². The van der Waals surface area contributed by atoms with Gasteiger partial charge in [-0.3, -0.25) is 0 Å². The third-order valence-electron chi connectivity index (χ3n) is 3.19. The number of rotatable bonds is 3. The Balaban J connectivity index is 2.13. The molecular weight excluding hydrogens is 329 g/mol. The molecule has 0 saturated heterocycles. The molecule has 2 atom stereocenters. The van der Waals surface area contributed by atoms with E-state index in [0.717, 1.165) is 6.54 Å². The molecule has 1 aliphatic heterocycles. The zero-order chi connectivity index (χ0) is 11.5. The van der Waals surface area contributed by atoms with Crippen LogP contribution >= 0.6 is 35.5 Å². The van der Waals surface area contributed by atoms with Gasteiger partial charge in [-0.1, -0.05) is 31.2 Å². The monoisotopic (exact) mass is 347 g/mol. The number of nitrogens with zero attached hydrogens (tertiary/aromatic N) is 1. The summed E-state index contributed by atoms with van der Waals surface area (Å²) >= 11 is 6.91. The molecule has 1 aromatic carbocycles. The molecule has 0 radical (unpaired) electrons. The van der Waals surface area contributed by atoms with E-state index in [-0.39, 0.29) is 0 Å². The molecule has 1 aromatic rings. The summed E-state index contributed by atoms with van der Waals surface area (Å²) in [6.07, 6.45) is 2.45. The Morgan fingerprint density at radius 3 is 3.00 bits per heavy atom. The molecule has 16 heavy (non-hydrogen) atoms. The Labute approximate surface area is 118 Å². The molecule has 0 N–H and O–H groups in total. The Morgan fingerprint density at radius 2 is 2.25 bits per heavy atom. The van der Waals surface area contributed by atoms with Crippen molar-refractivity contribution in [1.29, 1.82) is 0 Å². The fraction of sp³-hybridized carbons (Fsp3) is 0.538. The number of halogens is 1. The topological polar surface area (TPSA) is 3.24 Å². The van der Waals surface area contributed by atoms with Gasteiger partial charge in [-0.05, 0) is 35.1 Å². The van der Waals surface area contributed by atoms with Gasteiger partial charge in [-0.2, -0.15) is 12.6 Å². The fourth-order valence-electron chi connectivity index (χ4n) is 2.35. The van der Waals surface area contributed by atoms with Gasteiger partial charge >= 0.3 is 0 Å². The summed E-state index contributed by atoms with van der Waals surface area (Å²) in [5.41, 5.74) is 3.06. The van der Waals surface area contributed by atoms with Gasteiger partial charge in [-0.25, -0.2) is 3.11 Å². The molecule has 0 spiro atoms. The summed E-state index contributed by atoms with van der Waals surface area (Å²) < 4.78 is 2.40. The van der Waals surface area contributed by atoms with E-state index in [9.17, 15) is 0 Å². The molecule has 2 rings (SSSR count). The summed E-state index contributed by atoms with van der Waals surface area (Å²) in [7, 11) is 0. The molecular formula is C13H18INS. The second kappa shape index (κ2) is 5.74. The van der Waals surface area contributed by atoms with Crippen molar-refractivity contribution in [2.75, 3.05) is 6.54 Å². The zero-order valence-corrected chi connectivity index (χ0v) is 12.6. The average molecular weight is 347 g/mol. The second-order valence-electron chi connectivity index (χ2n) is 4.63. The lowest BCUT2D eigenvalue weighted by Gasteiger charge is -2.31. The minimum absolute atomic E-state index is 0.511. The van der Waals surface area contributed by atoms with Crippen LogP contribution in [-0.2, 0) is 6.54 Å². The van der Waals surface area contributed by atoms with Gasteiger partial charge in [0.1, 0.15) is 0 Å². The van der Waals surface area contributed by atoms with Crippen LogP contribution in [-0.4, -0.2) is 14.9 Å². The third-order valence-corrected chi connectivity index (χ3v) is 4.18. The number of fused-ring (bicyclic) bond motifs is 1. The molecule has 1 nitrogen and oxygen atoms in total. The summed E-state index contributed by atoms with van der Waals surface area (Å²) in [6, 6.07) is 8.87. The van der Waals surface area contributed by atoms with Crippen molar-refractivity contribution in [3.63, 3.8) is 0 Å². The third kappa shape index (κ3) is 3.14. The molecule has 0 bridgehead atoms. The van der Waals surface area contributed by atoms with Crippen molar-refractivity contribution < 1.29 is 0 Å². The second-order valence-corrected chi connectivity index (χ2v) is 6.87. The first-order chi connectivity index (χ1) is 7.66. The van der Waals surface area contributed by atoms with Gasteiger partial charge in [0.05, 0.1) is 0 Å². The normalized spacial score (nSPS) is 22.8. The predicted octanol–water partition coefficient (Wildman–Crippen LogP) is 4.03. The van der Waals surface area contributed by atoms with Crippen LogP contribution in [0.4, 0.5) is 0 Å². The number of hydrogen-bond acceptors (Lipinski definition) is 2. The van der Waals surface area contributed by atoms with E-state index in [1.165, 1.54) is 24.9 Å². The average Bonchev–Trinajstić information content (AvgIpc) is 2.25. The number of thiol groups is 1. The lowest BCUT2D eigenvalue weighted by molar-refractivity contribution is 0.402. The van der Waals surface area contributed by atoms with Gasteiger partial charge < -0.3 is 0 Å². The summed E-state index contributed by atoms with van der Waals surface area (Å²) in [6.45, 7) is 4.45. The molecule has 1 unspecified atom stereocenters. The molecule has 0 amide bonds. The SMILES string of the molecule is CC(S)CC[C@H]1CN(I)Cc2ccccc21.